The maximum absolute atomic E-state index is 13.0. The maximum atomic E-state index is 13.0. The molecule has 108 valence electrons. The van der Waals surface area contributed by atoms with Crippen molar-refractivity contribution in [1.82, 2.24) is 10.2 Å². The summed E-state index contributed by atoms with van der Waals surface area (Å²) in [5.41, 5.74) is -0.0578. The largest absolute Gasteiger partial charge is 0.497 e. The number of aromatic nitrogens is 2. The van der Waals surface area contributed by atoms with E-state index in [1.807, 2.05) is 0 Å². The third kappa shape index (κ3) is 3.04. The molecule has 0 aliphatic rings. The molecule has 2 N–H and O–H groups in total. The van der Waals surface area contributed by atoms with Crippen LogP contribution in [0.5, 0.6) is 5.75 Å². The Kier molecular flexibility index (Phi) is 3.87. The van der Waals surface area contributed by atoms with E-state index in [0.29, 0.717) is 5.69 Å². The van der Waals surface area contributed by atoms with E-state index in [2.05, 4.69) is 15.5 Å². The molecule has 0 aliphatic carbocycles. The molecular formula is C13H14F3N3O. The molecule has 0 amide bonds. The van der Waals surface area contributed by atoms with Crippen LogP contribution in [0.3, 0.4) is 0 Å². The van der Waals surface area contributed by atoms with Crippen LogP contribution in [0.15, 0.2) is 30.5 Å². The topological polar surface area (TPSA) is 49.9 Å². The normalized spacial score (nSPS) is 13.1. The Morgan fingerprint density at radius 2 is 2.05 bits per heavy atom. The average Bonchev–Trinajstić information content (AvgIpc) is 2.91. The molecule has 0 saturated carbocycles. The van der Waals surface area contributed by atoms with E-state index in [1.54, 1.807) is 19.2 Å². The van der Waals surface area contributed by atoms with Crippen LogP contribution in [-0.4, -0.2) is 17.3 Å². The number of rotatable bonds is 4. The summed E-state index contributed by atoms with van der Waals surface area (Å²) in [6.07, 6.45) is -2.91. The molecule has 1 atom stereocenters. The van der Waals surface area contributed by atoms with Crippen LogP contribution in [0.25, 0.3) is 0 Å². The van der Waals surface area contributed by atoms with Crippen molar-refractivity contribution in [2.24, 2.45) is 0 Å². The van der Waals surface area contributed by atoms with Gasteiger partial charge in [-0.15, -0.1) is 0 Å². The highest BCUT2D eigenvalue weighted by atomic mass is 19.4. The molecule has 4 nitrogen and oxygen atoms in total. The number of methoxy groups -OCH3 is 1. The van der Waals surface area contributed by atoms with Gasteiger partial charge in [0.05, 0.1) is 24.4 Å². The number of nitrogens with one attached hydrogen (secondary N) is 2. The molecule has 1 unspecified atom stereocenters. The molecule has 0 fully saturated rings. The first kappa shape index (κ1) is 14.2. The van der Waals surface area contributed by atoms with Crippen molar-refractivity contribution in [1.29, 1.82) is 0 Å². The van der Waals surface area contributed by atoms with Crippen LogP contribution in [0.1, 0.15) is 24.2 Å². The van der Waals surface area contributed by atoms with Crippen molar-refractivity contribution in [3.05, 3.63) is 41.7 Å². The number of ether oxygens (including phenoxy) is 1. The van der Waals surface area contributed by atoms with E-state index in [1.165, 1.54) is 19.2 Å². The first-order valence-corrected chi connectivity index (χ1v) is 5.93. The first-order chi connectivity index (χ1) is 9.41. The van der Waals surface area contributed by atoms with Gasteiger partial charge in [-0.25, -0.2) is 0 Å². The molecule has 0 radical (unpaired) electrons. The second-order valence-electron chi connectivity index (χ2n) is 4.29. The monoisotopic (exact) mass is 285 g/mol. The maximum Gasteiger partial charge on any atom is 0.418 e. The molecule has 7 heteroatoms. The molecular weight excluding hydrogens is 271 g/mol. The van der Waals surface area contributed by atoms with Crippen molar-refractivity contribution in [3.63, 3.8) is 0 Å². The quantitative estimate of drug-likeness (QED) is 0.902. The predicted octanol–water partition coefficient (Wildman–Crippen LogP) is 3.61. The fraction of sp³-hybridized carbons (Fsp3) is 0.308. The van der Waals surface area contributed by atoms with Crippen LogP contribution in [0.4, 0.5) is 18.9 Å². The van der Waals surface area contributed by atoms with Crippen LogP contribution in [0, 0.1) is 0 Å². The Hall–Kier alpha value is -2.18. The van der Waals surface area contributed by atoms with E-state index in [0.717, 1.165) is 6.07 Å². The van der Waals surface area contributed by atoms with Gasteiger partial charge in [0.15, 0.2) is 0 Å². The Balaban J connectivity index is 2.31. The lowest BCUT2D eigenvalue weighted by Crippen LogP contribution is -2.14. The Morgan fingerprint density at radius 1 is 1.30 bits per heavy atom. The van der Waals surface area contributed by atoms with Gasteiger partial charge in [0, 0.05) is 11.9 Å². The summed E-state index contributed by atoms with van der Waals surface area (Å²) < 4.78 is 44.0. The summed E-state index contributed by atoms with van der Waals surface area (Å²) in [4.78, 5) is 0. The molecule has 0 spiro atoms. The number of hydrogen-bond donors (Lipinski definition) is 2. The van der Waals surface area contributed by atoms with Crippen molar-refractivity contribution < 1.29 is 17.9 Å². The third-order valence-electron chi connectivity index (χ3n) is 2.89. The molecule has 1 heterocycles. The molecule has 0 aliphatic heterocycles. The second kappa shape index (κ2) is 5.44. The van der Waals surface area contributed by atoms with Gasteiger partial charge < -0.3 is 10.1 Å². The summed E-state index contributed by atoms with van der Waals surface area (Å²) in [5, 5.41) is 9.32. The van der Waals surface area contributed by atoms with E-state index < -0.39 is 11.7 Å². The summed E-state index contributed by atoms with van der Waals surface area (Å²) in [7, 11) is 1.33. The second-order valence-corrected chi connectivity index (χ2v) is 4.29. The lowest BCUT2D eigenvalue weighted by atomic mass is 10.1. The highest BCUT2D eigenvalue weighted by Gasteiger charge is 2.34. The number of anilines is 1. The Bertz CT molecular complexity index is 567. The zero-order valence-electron chi connectivity index (χ0n) is 11.0. The van der Waals surface area contributed by atoms with Crippen molar-refractivity contribution in [2.45, 2.75) is 19.1 Å². The molecule has 1 aromatic carbocycles. The van der Waals surface area contributed by atoms with Gasteiger partial charge >= 0.3 is 6.18 Å². The van der Waals surface area contributed by atoms with E-state index in [9.17, 15) is 13.2 Å². The van der Waals surface area contributed by atoms with Gasteiger partial charge in [0.25, 0.3) is 0 Å². The average molecular weight is 285 g/mol. The summed E-state index contributed by atoms with van der Waals surface area (Å²) >= 11 is 0. The van der Waals surface area contributed by atoms with Gasteiger partial charge in [-0.2, -0.15) is 18.3 Å². The molecule has 2 aromatic rings. The zero-order chi connectivity index (χ0) is 14.8. The van der Waals surface area contributed by atoms with Crippen molar-refractivity contribution in [3.8, 4) is 5.75 Å². The lowest BCUT2D eigenvalue weighted by molar-refractivity contribution is -0.137. The third-order valence-corrected chi connectivity index (χ3v) is 2.89. The highest BCUT2D eigenvalue weighted by Crippen LogP contribution is 2.38. The van der Waals surface area contributed by atoms with E-state index in [-0.39, 0.29) is 17.5 Å². The SMILES string of the molecule is COc1ccc(NC(C)c2ccn[nH]2)c(C(F)(F)F)c1. The smallest absolute Gasteiger partial charge is 0.418 e. The van der Waals surface area contributed by atoms with E-state index in [4.69, 9.17) is 4.74 Å². The number of alkyl halides is 3. The van der Waals surface area contributed by atoms with Gasteiger partial charge in [-0.3, -0.25) is 5.10 Å². The number of nitrogens with zero attached hydrogens (tertiary/aromatic N) is 1. The lowest BCUT2D eigenvalue weighted by Gasteiger charge is -2.19. The Labute approximate surface area is 114 Å². The van der Waals surface area contributed by atoms with Gasteiger partial charge in [0.1, 0.15) is 5.75 Å². The highest BCUT2D eigenvalue weighted by molar-refractivity contribution is 5.56. The minimum absolute atomic E-state index is 0.000370. The summed E-state index contributed by atoms with van der Waals surface area (Å²) in [6.45, 7) is 1.75. The number of halogens is 3. The standard InChI is InChI=1S/C13H14F3N3O/c1-8(11-5-6-17-19-11)18-12-4-3-9(20-2)7-10(12)13(14,15)16/h3-8,18H,1-2H3,(H,17,19). The molecule has 0 saturated heterocycles. The first-order valence-electron chi connectivity index (χ1n) is 5.93. The van der Waals surface area contributed by atoms with Gasteiger partial charge in [0.2, 0.25) is 0 Å². The van der Waals surface area contributed by atoms with Crippen LogP contribution < -0.4 is 10.1 Å². The fourth-order valence-electron chi connectivity index (χ4n) is 1.83. The van der Waals surface area contributed by atoms with Crippen LogP contribution in [0.2, 0.25) is 0 Å². The Morgan fingerprint density at radius 3 is 2.60 bits per heavy atom. The van der Waals surface area contributed by atoms with Gasteiger partial charge in [-0.05, 0) is 31.2 Å². The predicted molar refractivity (Wildman–Crippen MR) is 68.6 cm³/mol. The van der Waals surface area contributed by atoms with Crippen LogP contribution in [-0.2, 0) is 6.18 Å². The molecule has 0 bridgehead atoms. The molecule has 1 aromatic heterocycles. The number of aromatic amines is 1. The molecule has 2 rings (SSSR count). The van der Waals surface area contributed by atoms with Crippen LogP contribution >= 0.6 is 0 Å². The van der Waals surface area contributed by atoms with Crippen molar-refractivity contribution >= 4 is 5.69 Å². The number of benzene rings is 1. The van der Waals surface area contributed by atoms with Gasteiger partial charge in [-0.1, -0.05) is 0 Å². The fourth-order valence-corrected chi connectivity index (χ4v) is 1.83. The zero-order valence-corrected chi connectivity index (χ0v) is 11.0. The molecule has 20 heavy (non-hydrogen) atoms. The minimum Gasteiger partial charge on any atom is -0.497 e. The number of hydrogen-bond acceptors (Lipinski definition) is 3. The van der Waals surface area contributed by atoms with Crippen molar-refractivity contribution in [2.75, 3.05) is 12.4 Å². The summed E-state index contributed by atoms with van der Waals surface area (Å²) in [5.74, 6) is 0.164. The number of H-pyrrole nitrogens is 1. The minimum atomic E-state index is -4.45. The van der Waals surface area contributed by atoms with E-state index >= 15 is 0 Å². The summed E-state index contributed by atoms with van der Waals surface area (Å²) in [6, 6.07) is 5.19.